The summed E-state index contributed by atoms with van der Waals surface area (Å²) in [5, 5.41) is 6.35. The Balaban J connectivity index is 1.79. The van der Waals surface area contributed by atoms with Gasteiger partial charge in [-0.25, -0.2) is 9.98 Å². The summed E-state index contributed by atoms with van der Waals surface area (Å²) < 4.78 is 12.4. The Labute approximate surface area is 155 Å². The lowest BCUT2D eigenvalue weighted by molar-refractivity contribution is 0.395. The van der Waals surface area contributed by atoms with E-state index in [1.807, 2.05) is 36.4 Å². The minimum absolute atomic E-state index is 0.168. The molecule has 8 heteroatoms. The van der Waals surface area contributed by atoms with E-state index in [9.17, 15) is 4.79 Å². The molecule has 0 amide bonds. The van der Waals surface area contributed by atoms with Crippen LogP contribution in [-0.4, -0.2) is 22.6 Å². The number of anilines is 1. The number of hydrogen-bond donors (Lipinski definition) is 2. The predicted octanol–water partition coefficient (Wildman–Crippen LogP) is 2.27. The van der Waals surface area contributed by atoms with E-state index in [1.165, 1.54) is 6.07 Å². The van der Waals surface area contributed by atoms with Gasteiger partial charge >= 0.3 is 0 Å². The number of nitrogens with zero attached hydrogens (tertiary/aromatic N) is 3. The lowest BCUT2D eigenvalue weighted by atomic mass is 10.1. The third kappa shape index (κ3) is 3.29. The van der Waals surface area contributed by atoms with Crippen molar-refractivity contribution in [3.05, 3.63) is 76.1 Å². The fourth-order valence-corrected chi connectivity index (χ4v) is 3.03. The smallest absolute Gasteiger partial charge is 0.257 e. The second-order valence-corrected chi connectivity index (χ2v) is 6.09. The van der Waals surface area contributed by atoms with Gasteiger partial charge in [0.25, 0.3) is 5.56 Å². The van der Waals surface area contributed by atoms with Crippen LogP contribution in [0.2, 0.25) is 0 Å². The van der Waals surface area contributed by atoms with Gasteiger partial charge in [-0.15, -0.1) is 0 Å². The monoisotopic (exact) mass is 365 g/mol. The molecule has 1 atom stereocenters. The molecule has 8 nitrogen and oxygen atoms in total. The first kappa shape index (κ1) is 16.9. The van der Waals surface area contributed by atoms with Crippen molar-refractivity contribution in [2.75, 3.05) is 12.4 Å². The van der Waals surface area contributed by atoms with Gasteiger partial charge in [0, 0.05) is 17.3 Å². The van der Waals surface area contributed by atoms with Crippen molar-refractivity contribution in [1.29, 1.82) is 0 Å². The minimum Gasteiger partial charge on any atom is -0.496 e. The average molecular weight is 365 g/mol. The Hall–Kier alpha value is -3.55. The molecule has 0 aliphatic carbocycles. The number of nitrogens with one attached hydrogen (secondary N) is 2. The number of benzene rings is 1. The normalized spacial score (nSPS) is 17.1. The van der Waals surface area contributed by atoms with E-state index in [-0.39, 0.29) is 5.56 Å². The molecule has 138 valence electrons. The Morgan fingerprint density at radius 2 is 2.15 bits per heavy atom. The zero-order valence-corrected chi connectivity index (χ0v) is 15.0. The molecule has 2 aromatic heterocycles. The Morgan fingerprint density at radius 1 is 1.30 bits per heavy atom. The second-order valence-electron chi connectivity index (χ2n) is 6.09. The molecule has 1 aliphatic rings. The van der Waals surface area contributed by atoms with Crippen molar-refractivity contribution in [3.63, 3.8) is 0 Å². The van der Waals surface area contributed by atoms with Gasteiger partial charge in [-0.1, -0.05) is 18.2 Å². The first-order valence-electron chi connectivity index (χ1n) is 8.49. The minimum atomic E-state index is -0.506. The fraction of sp³-hybridized carbons (Fsp3) is 0.211. The third-order valence-electron chi connectivity index (χ3n) is 4.25. The summed E-state index contributed by atoms with van der Waals surface area (Å²) in [5.74, 6) is 2.33. The van der Waals surface area contributed by atoms with Crippen molar-refractivity contribution in [2.24, 2.45) is 4.99 Å². The number of aromatic nitrogens is 2. The molecule has 0 bridgehead atoms. The number of aryl methyl sites for hydroxylation is 1. The molecule has 3 heterocycles. The van der Waals surface area contributed by atoms with Crippen LogP contribution in [0.5, 0.6) is 5.75 Å². The molecule has 1 aliphatic heterocycles. The van der Waals surface area contributed by atoms with E-state index >= 15 is 0 Å². The Bertz CT molecular complexity index is 1040. The Morgan fingerprint density at radius 3 is 2.93 bits per heavy atom. The van der Waals surface area contributed by atoms with Gasteiger partial charge in [0.2, 0.25) is 11.9 Å². The second kappa shape index (κ2) is 6.99. The van der Waals surface area contributed by atoms with Crippen molar-refractivity contribution < 1.29 is 9.15 Å². The zero-order valence-electron chi connectivity index (χ0n) is 15.0. The topological polar surface area (TPSA) is 93.7 Å². The first-order valence-corrected chi connectivity index (χ1v) is 8.49. The largest absolute Gasteiger partial charge is 0.496 e. The molecular weight excluding hydrogens is 346 g/mol. The average Bonchev–Trinajstić information content (AvgIpc) is 3.19. The molecule has 1 aromatic carbocycles. The van der Waals surface area contributed by atoms with Crippen LogP contribution < -0.4 is 20.9 Å². The SMILES string of the molecule is COc1ccccc1[C@@H]1NC(=NCc2ccco2)Nc2nc(C)cc(=O)n21. The van der Waals surface area contributed by atoms with Crippen LogP contribution in [0, 0.1) is 6.92 Å². The Kier molecular flexibility index (Phi) is 4.37. The molecule has 0 spiro atoms. The van der Waals surface area contributed by atoms with Crippen LogP contribution in [0.15, 0.2) is 62.9 Å². The van der Waals surface area contributed by atoms with E-state index in [4.69, 9.17) is 9.15 Å². The summed E-state index contributed by atoms with van der Waals surface area (Å²) in [4.78, 5) is 21.7. The van der Waals surface area contributed by atoms with Crippen molar-refractivity contribution in [3.8, 4) is 5.75 Å². The summed E-state index contributed by atoms with van der Waals surface area (Å²) in [6, 6.07) is 12.7. The number of fused-ring (bicyclic) bond motifs is 1. The number of methoxy groups -OCH3 is 1. The molecule has 27 heavy (non-hydrogen) atoms. The van der Waals surface area contributed by atoms with Crippen molar-refractivity contribution >= 4 is 11.9 Å². The van der Waals surface area contributed by atoms with Crippen LogP contribution in [-0.2, 0) is 6.54 Å². The van der Waals surface area contributed by atoms with E-state index < -0.39 is 6.17 Å². The summed E-state index contributed by atoms with van der Waals surface area (Å²) in [7, 11) is 1.60. The zero-order chi connectivity index (χ0) is 18.8. The number of guanidine groups is 1. The van der Waals surface area contributed by atoms with Gasteiger partial charge in [-0.2, -0.15) is 0 Å². The third-order valence-corrected chi connectivity index (χ3v) is 4.25. The molecule has 0 saturated heterocycles. The molecule has 0 saturated carbocycles. The van der Waals surface area contributed by atoms with Gasteiger partial charge in [0.1, 0.15) is 24.2 Å². The van der Waals surface area contributed by atoms with E-state index in [2.05, 4.69) is 20.6 Å². The van der Waals surface area contributed by atoms with Crippen molar-refractivity contribution in [1.82, 2.24) is 14.9 Å². The maximum atomic E-state index is 12.7. The number of para-hydroxylation sites is 1. The highest BCUT2D eigenvalue weighted by molar-refractivity contribution is 5.93. The highest BCUT2D eigenvalue weighted by atomic mass is 16.5. The molecule has 3 aromatic rings. The number of furan rings is 1. The standard InChI is InChI=1S/C19H19N5O3/c1-12-10-16(25)24-17(14-7-3-4-8-15(14)26-2)22-18(23-19(24)21-12)20-11-13-6-5-9-27-13/h3-10,17H,11H2,1-2H3,(H2,20,21,22,23)/t17-/m1/s1. The number of aliphatic imine (C=N–C) groups is 1. The summed E-state index contributed by atoms with van der Waals surface area (Å²) in [6.45, 7) is 2.14. The highest BCUT2D eigenvalue weighted by Gasteiger charge is 2.28. The lowest BCUT2D eigenvalue weighted by Crippen LogP contribution is -2.48. The molecule has 4 rings (SSSR count). The van der Waals surface area contributed by atoms with Gasteiger partial charge in [-0.3, -0.25) is 14.7 Å². The first-order chi connectivity index (χ1) is 13.2. The van der Waals surface area contributed by atoms with Gasteiger partial charge in [-0.05, 0) is 25.1 Å². The van der Waals surface area contributed by atoms with Gasteiger partial charge in [0.15, 0.2) is 0 Å². The molecule has 0 unspecified atom stereocenters. The maximum Gasteiger partial charge on any atom is 0.257 e. The number of ether oxygens (including phenoxy) is 1. The van der Waals surface area contributed by atoms with Gasteiger partial charge < -0.3 is 14.5 Å². The molecule has 0 fully saturated rings. The van der Waals surface area contributed by atoms with Crippen molar-refractivity contribution in [2.45, 2.75) is 19.6 Å². The summed E-state index contributed by atoms with van der Waals surface area (Å²) in [5.41, 5.74) is 1.27. The summed E-state index contributed by atoms with van der Waals surface area (Å²) in [6.07, 6.45) is 1.10. The van der Waals surface area contributed by atoms with Crippen LogP contribution in [0.25, 0.3) is 0 Å². The lowest BCUT2D eigenvalue weighted by Gasteiger charge is -2.31. The summed E-state index contributed by atoms with van der Waals surface area (Å²) >= 11 is 0. The molecule has 0 radical (unpaired) electrons. The fourth-order valence-electron chi connectivity index (χ4n) is 3.03. The van der Waals surface area contributed by atoms with E-state index in [1.54, 1.807) is 24.9 Å². The molecule has 2 N–H and O–H groups in total. The van der Waals surface area contributed by atoms with E-state index in [0.717, 1.165) is 11.3 Å². The van der Waals surface area contributed by atoms with Crippen LogP contribution in [0.4, 0.5) is 5.95 Å². The maximum absolute atomic E-state index is 12.7. The van der Waals surface area contributed by atoms with Gasteiger partial charge in [0.05, 0.1) is 13.4 Å². The predicted molar refractivity (Wildman–Crippen MR) is 101 cm³/mol. The quantitative estimate of drug-likeness (QED) is 0.737. The van der Waals surface area contributed by atoms with E-state index in [0.29, 0.717) is 29.9 Å². The number of hydrogen-bond acceptors (Lipinski definition) is 5. The van der Waals surface area contributed by atoms with Crippen LogP contribution in [0.3, 0.4) is 0 Å². The number of rotatable bonds is 4. The highest BCUT2D eigenvalue weighted by Crippen LogP contribution is 2.28. The van der Waals surface area contributed by atoms with Crippen LogP contribution >= 0.6 is 0 Å². The molecular formula is C19H19N5O3. The van der Waals surface area contributed by atoms with Crippen LogP contribution in [0.1, 0.15) is 23.2 Å².